The number of hydrogen-bond acceptors (Lipinski definition) is 2. The van der Waals surface area contributed by atoms with Crippen molar-refractivity contribution in [2.75, 3.05) is 5.32 Å². The van der Waals surface area contributed by atoms with Gasteiger partial charge in [0.1, 0.15) is 0 Å². The Hall–Kier alpha value is -2.31. The number of fused-ring (bicyclic) bond motifs is 2. The maximum Gasteiger partial charge on any atom is 0.416 e. The van der Waals surface area contributed by atoms with Crippen molar-refractivity contribution in [2.24, 2.45) is 23.7 Å². The third-order valence-corrected chi connectivity index (χ3v) is 4.53. The number of rotatable bonds is 3. The highest BCUT2D eigenvalue weighted by molar-refractivity contribution is 5.96. The first-order valence-corrected chi connectivity index (χ1v) is 7.16. The Morgan fingerprint density at radius 1 is 1.04 bits per heavy atom. The van der Waals surface area contributed by atoms with E-state index in [1.165, 1.54) is 12.1 Å². The first-order chi connectivity index (χ1) is 10.8. The largest absolute Gasteiger partial charge is 0.481 e. The molecule has 1 amide bonds. The number of alkyl halides is 3. The molecule has 2 aliphatic carbocycles. The summed E-state index contributed by atoms with van der Waals surface area (Å²) >= 11 is 0. The second-order valence-electron chi connectivity index (χ2n) is 5.90. The molecule has 0 unspecified atom stereocenters. The van der Waals surface area contributed by atoms with E-state index in [0.717, 1.165) is 12.1 Å². The Balaban J connectivity index is 1.74. The second kappa shape index (κ2) is 5.40. The summed E-state index contributed by atoms with van der Waals surface area (Å²) in [5.41, 5.74) is -0.583. The molecule has 0 spiro atoms. The highest BCUT2D eigenvalue weighted by Crippen LogP contribution is 2.48. The van der Waals surface area contributed by atoms with Crippen molar-refractivity contribution in [3.05, 3.63) is 42.0 Å². The smallest absolute Gasteiger partial charge is 0.416 e. The number of carboxylic acid groups (broad SMARTS) is 1. The van der Waals surface area contributed by atoms with Crippen LogP contribution in [0, 0.1) is 23.7 Å². The molecule has 122 valence electrons. The molecule has 2 N–H and O–H groups in total. The van der Waals surface area contributed by atoms with Crippen LogP contribution >= 0.6 is 0 Å². The number of aliphatic carboxylic acids is 1. The number of benzene rings is 1. The number of hydrogen-bond donors (Lipinski definition) is 2. The average Bonchev–Trinajstić information content (AvgIpc) is 3.07. The molecule has 7 heteroatoms. The number of allylic oxidation sites excluding steroid dienone is 2. The number of nitrogens with one attached hydrogen (secondary N) is 1. The number of amides is 1. The standard InChI is InChI=1S/C16H14F3NO3/c17-16(18,19)10-3-5-11(6-4-10)20-14(21)12-8-1-2-9(7-8)13(12)15(22)23/h1-6,8-9,12-13H,7H2,(H,20,21)(H,22,23)/t8-,9+,12-,13+/m1/s1. The number of carbonyl (C=O) groups is 2. The normalized spacial score (nSPS) is 28.8. The fourth-order valence-corrected chi connectivity index (χ4v) is 3.48. The van der Waals surface area contributed by atoms with Crippen molar-refractivity contribution < 1.29 is 27.9 Å². The summed E-state index contributed by atoms with van der Waals surface area (Å²) in [6, 6.07) is 4.09. The lowest BCUT2D eigenvalue weighted by molar-refractivity contribution is -0.146. The van der Waals surface area contributed by atoms with Gasteiger partial charge in [-0.3, -0.25) is 9.59 Å². The zero-order chi connectivity index (χ0) is 16.8. The summed E-state index contributed by atoms with van der Waals surface area (Å²) in [4.78, 5) is 23.7. The van der Waals surface area contributed by atoms with Gasteiger partial charge in [-0.2, -0.15) is 13.2 Å². The first kappa shape index (κ1) is 15.6. The summed E-state index contributed by atoms with van der Waals surface area (Å²) in [7, 11) is 0. The fraction of sp³-hybridized carbons (Fsp3) is 0.375. The van der Waals surface area contributed by atoms with Crippen molar-refractivity contribution in [1.82, 2.24) is 0 Å². The Morgan fingerprint density at radius 3 is 2.13 bits per heavy atom. The molecule has 4 atom stereocenters. The summed E-state index contributed by atoms with van der Waals surface area (Å²) in [5, 5.41) is 11.8. The van der Waals surface area contributed by atoms with Gasteiger partial charge in [0.15, 0.2) is 0 Å². The lowest BCUT2D eigenvalue weighted by atomic mass is 9.82. The Morgan fingerprint density at radius 2 is 1.61 bits per heavy atom. The van der Waals surface area contributed by atoms with Crippen LogP contribution in [0.25, 0.3) is 0 Å². The summed E-state index contributed by atoms with van der Waals surface area (Å²) in [6.07, 6.45) is -0.138. The van der Waals surface area contributed by atoms with E-state index in [4.69, 9.17) is 0 Å². The highest BCUT2D eigenvalue weighted by atomic mass is 19.4. The molecule has 2 bridgehead atoms. The second-order valence-corrected chi connectivity index (χ2v) is 5.90. The summed E-state index contributed by atoms with van der Waals surface area (Å²) < 4.78 is 37.5. The quantitative estimate of drug-likeness (QED) is 0.839. The Labute approximate surface area is 130 Å². The number of carboxylic acids is 1. The van der Waals surface area contributed by atoms with E-state index in [2.05, 4.69) is 5.32 Å². The zero-order valence-corrected chi connectivity index (χ0v) is 11.9. The zero-order valence-electron chi connectivity index (χ0n) is 11.9. The van der Waals surface area contributed by atoms with Gasteiger partial charge in [-0.15, -0.1) is 0 Å². The van der Waals surface area contributed by atoms with Crippen LogP contribution in [0.2, 0.25) is 0 Å². The van der Waals surface area contributed by atoms with Crippen LogP contribution in [-0.4, -0.2) is 17.0 Å². The summed E-state index contributed by atoms with van der Waals surface area (Å²) in [5.74, 6) is -3.23. The highest BCUT2D eigenvalue weighted by Gasteiger charge is 2.51. The predicted molar refractivity (Wildman–Crippen MR) is 75.4 cm³/mol. The molecule has 4 nitrogen and oxygen atoms in total. The SMILES string of the molecule is O=C(O)[C@@H]1[C@H](C(=O)Nc2ccc(C(F)(F)F)cc2)[C@@H]2C=C[C@H]1C2. The molecule has 0 aromatic heterocycles. The maximum atomic E-state index is 12.5. The average molecular weight is 325 g/mol. The molecule has 2 aliphatic rings. The van der Waals surface area contributed by atoms with Gasteiger partial charge in [-0.1, -0.05) is 12.2 Å². The lowest BCUT2D eigenvalue weighted by Gasteiger charge is -2.23. The Bertz CT molecular complexity index is 666. The minimum absolute atomic E-state index is 0.129. The van der Waals surface area contributed by atoms with E-state index in [-0.39, 0.29) is 17.5 Å². The van der Waals surface area contributed by atoms with Gasteiger partial charge < -0.3 is 10.4 Å². The Kier molecular flexibility index (Phi) is 3.66. The van der Waals surface area contributed by atoms with Crippen LogP contribution in [0.1, 0.15) is 12.0 Å². The summed E-state index contributed by atoms with van der Waals surface area (Å²) in [6.45, 7) is 0. The van der Waals surface area contributed by atoms with E-state index < -0.39 is 35.5 Å². The van der Waals surface area contributed by atoms with Gasteiger partial charge in [0.25, 0.3) is 0 Å². The molecule has 0 aliphatic heterocycles. The molecule has 1 aromatic rings. The van der Waals surface area contributed by atoms with Crippen molar-refractivity contribution in [3.8, 4) is 0 Å². The van der Waals surface area contributed by atoms with Crippen LogP contribution in [0.3, 0.4) is 0 Å². The third kappa shape index (κ3) is 2.83. The molecule has 0 radical (unpaired) electrons. The number of halogens is 3. The van der Waals surface area contributed by atoms with Gasteiger partial charge in [-0.05, 0) is 42.5 Å². The molecular weight excluding hydrogens is 311 g/mol. The molecule has 23 heavy (non-hydrogen) atoms. The molecule has 0 heterocycles. The molecule has 0 saturated heterocycles. The fourth-order valence-electron chi connectivity index (χ4n) is 3.48. The molecular formula is C16H14F3NO3. The van der Waals surface area contributed by atoms with Gasteiger partial charge in [0.2, 0.25) is 5.91 Å². The van der Waals surface area contributed by atoms with Crippen molar-refractivity contribution in [1.29, 1.82) is 0 Å². The van der Waals surface area contributed by atoms with E-state index in [1.54, 1.807) is 0 Å². The van der Waals surface area contributed by atoms with E-state index >= 15 is 0 Å². The topological polar surface area (TPSA) is 66.4 Å². The number of carbonyl (C=O) groups excluding carboxylic acids is 1. The van der Waals surface area contributed by atoms with Crippen molar-refractivity contribution >= 4 is 17.6 Å². The maximum absolute atomic E-state index is 12.5. The molecule has 1 fully saturated rings. The van der Waals surface area contributed by atoms with Gasteiger partial charge >= 0.3 is 12.1 Å². The van der Waals surface area contributed by atoms with E-state index in [1.807, 2.05) is 12.2 Å². The minimum Gasteiger partial charge on any atom is -0.481 e. The van der Waals surface area contributed by atoms with E-state index in [0.29, 0.717) is 6.42 Å². The van der Waals surface area contributed by atoms with Crippen LogP contribution in [0.5, 0.6) is 0 Å². The molecule has 1 saturated carbocycles. The van der Waals surface area contributed by atoms with Gasteiger partial charge in [0, 0.05) is 5.69 Å². The third-order valence-electron chi connectivity index (χ3n) is 4.53. The monoisotopic (exact) mass is 325 g/mol. The van der Waals surface area contributed by atoms with Gasteiger partial charge in [-0.25, -0.2) is 0 Å². The van der Waals surface area contributed by atoms with Crippen molar-refractivity contribution in [2.45, 2.75) is 12.6 Å². The van der Waals surface area contributed by atoms with Crippen LogP contribution in [-0.2, 0) is 15.8 Å². The van der Waals surface area contributed by atoms with Crippen LogP contribution < -0.4 is 5.32 Å². The van der Waals surface area contributed by atoms with Crippen LogP contribution in [0.4, 0.5) is 18.9 Å². The number of anilines is 1. The lowest BCUT2D eigenvalue weighted by Crippen LogP contribution is -2.36. The first-order valence-electron chi connectivity index (χ1n) is 7.16. The van der Waals surface area contributed by atoms with E-state index in [9.17, 15) is 27.9 Å². The van der Waals surface area contributed by atoms with Gasteiger partial charge in [0.05, 0.1) is 17.4 Å². The van der Waals surface area contributed by atoms with Crippen molar-refractivity contribution in [3.63, 3.8) is 0 Å². The van der Waals surface area contributed by atoms with Crippen LogP contribution in [0.15, 0.2) is 36.4 Å². The predicted octanol–water partition coefficient (Wildman–Crippen LogP) is 3.17. The molecule has 3 rings (SSSR count). The minimum atomic E-state index is -4.44. The molecule has 1 aromatic carbocycles.